The van der Waals surface area contributed by atoms with Gasteiger partial charge in [-0.05, 0) is 23.6 Å². The van der Waals surface area contributed by atoms with Crippen molar-refractivity contribution in [2.45, 2.75) is 26.2 Å². The highest BCUT2D eigenvalue weighted by Crippen LogP contribution is 2.22. The summed E-state index contributed by atoms with van der Waals surface area (Å²) in [6.45, 7) is 6.29. The highest BCUT2D eigenvalue weighted by Gasteiger charge is 2.16. The van der Waals surface area contributed by atoms with Gasteiger partial charge in [-0.3, -0.25) is 9.78 Å². The molecule has 3 nitrogen and oxygen atoms in total. The van der Waals surface area contributed by atoms with Gasteiger partial charge in [0.1, 0.15) is 0 Å². The van der Waals surface area contributed by atoms with E-state index in [2.05, 4.69) is 31.1 Å². The van der Waals surface area contributed by atoms with E-state index < -0.39 is 0 Å². The second-order valence-corrected chi connectivity index (χ2v) is 6.06. The van der Waals surface area contributed by atoms with Crippen molar-refractivity contribution in [3.05, 3.63) is 46.4 Å². The third kappa shape index (κ3) is 2.96. The van der Waals surface area contributed by atoms with Crippen LogP contribution in [0, 0.1) is 0 Å². The predicted octanol–water partition coefficient (Wildman–Crippen LogP) is 3.69. The fraction of sp³-hybridized carbons (Fsp3) is 0.286. The molecule has 2 heterocycles. The largest absolute Gasteiger partial charge is 0.321 e. The average molecular weight is 260 g/mol. The summed E-state index contributed by atoms with van der Waals surface area (Å²) in [5, 5.41) is 4.78. The van der Waals surface area contributed by atoms with E-state index in [1.165, 1.54) is 11.3 Å². The third-order valence-electron chi connectivity index (χ3n) is 2.53. The van der Waals surface area contributed by atoms with E-state index in [0.29, 0.717) is 4.88 Å². The number of aromatic nitrogens is 1. The zero-order valence-corrected chi connectivity index (χ0v) is 11.5. The van der Waals surface area contributed by atoms with Gasteiger partial charge in [0.2, 0.25) is 0 Å². The van der Waals surface area contributed by atoms with Gasteiger partial charge in [-0.25, -0.2) is 0 Å². The molecule has 1 N–H and O–H groups in total. The van der Waals surface area contributed by atoms with Crippen LogP contribution in [0.3, 0.4) is 0 Å². The highest BCUT2D eigenvalue weighted by molar-refractivity contribution is 7.12. The molecule has 0 aliphatic carbocycles. The van der Waals surface area contributed by atoms with Crippen LogP contribution < -0.4 is 5.32 Å². The number of nitrogens with one attached hydrogen (secondary N) is 1. The molecule has 4 heteroatoms. The number of amides is 1. The standard InChI is InChI=1S/C14H16N2OS/c1-14(2,3)12-9-10(6-7-15-12)16-13(17)11-5-4-8-18-11/h4-9H,1-3H3,(H,15,16,17). The monoisotopic (exact) mass is 260 g/mol. The first-order valence-corrected chi connectivity index (χ1v) is 6.66. The first kappa shape index (κ1) is 12.8. The Morgan fingerprint density at radius 3 is 2.72 bits per heavy atom. The summed E-state index contributed by atoms with van der Waals surface area (Å²) in [5.74, 6) is -0.0731. The molecule has 0 bridgehead atoms. The van der Waals surface area contributed by atoms with Crippen molar-refractivity contribution >= 4 is 22.9 Å². The molecule has 0 atom stereocenters. The quantitative estimate of drug-likeness (QED) is 0.894. The summed E-state index contributed by atoms with van der Waals surface area (Å²) in [6.07, 6.45) is 1.73. The number of carbonyl (C=O) groups excluding carboxylic acids is 1. The molecule has 2 aromatic rings. The summed E-state index contributed by atoms with van der Waals surface area (Å²) in [4.78, 5) is 17.0. The summed E-state index contributed by atoms with van der Waals surface area (Å²) in [7, 11) is 0. The smallest absolute Gasteiger partial charge is 0.265 e. The van der Waals surface area contributed by atoms with Gasteiger partial charge in [0.05, 0.1) is 4.88 Å². The van der Waals surface area contributed by atoms with Crippen LogP contribution in [0.25, 0.3) is 0 Å². The molecule has 18 heavy (non-hydrogen) atoms. The van der Waals surface area contributed by atoms with E-state index in [-0.39, 0.29) is 11.3 Å². The number of anilines is 1. The molecule has 1 amide bonds. The molecule has 0 aliphatic rings. The minimum absolute atomic E-state index is 0.0241. The van der Waals surface area contributed by atoms with Crippen LogP contribution in [0.2, 0.25) is 0 Å². The number of thiophene rings is 1. The molecule has 0 aliphatic heterocycles. The predicted molar refractivity (Wildman–Crippen MR) is 75.2 cm³/mol. The highest BCUT2D eigenvalue weighted by atomic mass is 32.1. The molecule has 0 spiro atoms. The third-order valence-corrected chi connectivity index (χ3v) is 3.40. The molecule has 0 aromatic carbocycles. The van der Waals surface area contributed by atoms with Gasteiger partial charge >= 0.3 is 0 Å². The van der Waals surface area contributed by atoms with E-state index >= 15 is 0 Å². The van der Waals surface area contributed by atoms with Crippen molar-refractivity contribution in [3.63, 3.8) is 0 Å². The van der Waals surface area contributed by atoms with E-state index in [1.54, 1.807) is 12.3 Å². The fourth-order valence-corrected chi connectivity index (χ4v) is 2.14. The van der Waals surface area contributed by atoms with Gasteiger partial charge < -0.3 is 5.32 Å². The Bertz CT molecular complexity index is 541. The lowest BCUT2D eigenvalue weighted by Crippen LogP contribution is -2.15. The topological polar surface area (TPSA) is 42.0 Å². The van der Waals surface area contributed by atoms with Crippen LogP contribution >= 0.6 is 11.3 Å². The lowest BCUT2D eigenvalue weighted by molar-refractivity contribution is 0.103. The van der Waals surface area contributed by atoms with Gasteiger partial charge in [0, 0.05) is 23.0 Å². The first-order valence-electron chi connectivity index (χ1n) is 5.78. The molecule has 2 rings (SSSR count). The zero-order chi connectivity index (χ0) is 13.2. The SMILES string of the molecule is CC(C)(C)c1cc(NC(=O)c2cccs2)ccn1. The Morgan fingerprint density at radius 1 is 1.33 bits per heavy atom. The zero-order valence-electron chi connectivity index (χ0n) is 10.7. The molecule has 0 fully saturated rings. The maximum atomic E-state index is 11.9. The van der Waals surface area contributed by atoms with Crippen LogP contribution in [0.1, 0.15) is 36.1 Å². The Hall–Kier alpha value is -1.68. The van der Waals surface area contributed by atoms with Crippen LogP contribution in [0.15, 0.2) is 35.8 Å². The van der Waals surface area contributed by atoms with Gasteiger partial charge in [-0.15, -0.1) is 11.3 Å². The summed E-state index contributed by atoms with van der Waals surface area (Å²) < 4.78 is 0. The van der Waals surface area contributed by atoms with Crippen LogP contribution in [-0.4, -0.2) is 10.9 Å². The Balaban J connectivity index is 2.18. The number of nitrogens with zero attached hydrogens (tertiary/aromatic N) is 1. The molecule has 0 saturated heterocycles. The van der Waals surface area contributed by atoms with Crippen molar-refractivity contribution in [3.8, 4) is 0 Å². The normalized spacial score (nSPS) is 11.3. The van der Waals surface area contributed by atoms with Crippen molar-refractivity contribution in [1.82, 2.24) is 4.98 Å². The van der Waals surface area contributed by atoms with E-state index in [0.717, 1.165) is 11.4 Å². The van der Waals surface area contributed by atoms with Crippen molar-refractivity contribution in [2.75, 3.05) is 5.32 Å². The molecular formula is C14H16N2OS. The second-order valence-electron chi connectivity index (χ2n) is 5.11. The molecule has 0 unspecified atom stereocenters. The number of hydrogen-bond acceptors (Lipinski definition) is 3. The number of rotatable bonds is 2. The maximum Gasteiger partial charge on any atom is 0.265 e. The second kappa shape index (κ2) is 4.90. The van der Waals surface area contributed by atoms with Crippen molar-refractivity contribution < 1.29 is 4.79 Å². The van der Waals surface area contributed by atoms with Crippen LogP contribution in [-0.2, 0) is 5.41 Å². The lowest BCUT2D eigenvalue weighted by atomic mass is 9.91. The molecule has 0 radical (unpaired) electrons. The first-order chi connectivity index (χ1) is 8.47. The average Bonchev–Trinajstić information content (AvgIpc) is 2.81. The van der Waals surface area contributed by atoms with Gasteiger partial charge in [0.25, 0.3) is 5.91 Å². The number of carbonyl (C=O) groups is 1. The Morgan fingerprint density at radius 2 is 2.11 bits per heavy atom. The van der Waals surface area contributed by atoms with Crippen molar-refractivity contribution in [1.29, 1.82) is 0 Å². The summed E-state index contributed by atoms with van der Waals surface area (Å²) in [6, 6.07) is 7.41. The fourth-order valence-electron chi connectivity index (χ4n) is 1.52. The van der Waals surface area contributed by atoms with Gasteiger partial charge in [-0.1, -0.05) is 26.8 Å². The van der Waals surface area contributed by atoms with Gasteiger partial charge in [0.15, 0.2) is 0 Å². The van der Waals surface area contributed by atoms with E-state index in [9.17, 15) is 4.79 Å². The van der Waals surface area contributed by atoms with E-state index in [1.807, 2.05) is 23.6 Å². The number of hydrogen-bond donors (Lipinski definition) is 1. The maximum absolute atomic E-state index is 11.9. The van der Waals surface area contributed by atoms with Crippen LogP contribution in [0.4, 0.5) is 5.69 Å². The minimum atomic E-state index is -0.0731. The van der Waals surface area contributed by atoms with Crippen molar-refractivity contribution in [2.24, 2.45) is 0 Å². The summed E-state index contributed by atoms with van der Waals surface area (Å²) >= 11 is 1.43. The number of pyridine rings is 1. The Labute approximate surface area is 111 Å². The molecular weight excluding hydrogens is 244 g/mol. The Kier molecular flexibility index (Phi) is 3.48. The van der Waals surface area contributed by atoms with Gasteiger partial charge in [-0.2, -0.15) is 0 Å². The van der Waals surface area contributed by atoms with E-state index in [4.69, 9.17) is 0 Å². The lowest BCUT2D eigenvalue weighted by Gasteiger charge is -2.18. The molecule has 94 valence electrons. The minimum Gasteiger partial charge on any atom is -0.321 e. The summed E-state index contributed by atoms with van der Waals surface area (Å²) in [5.41, 5.74) is 1.73. The molecule has 0 saturated carbocycles. The van der Waals surface area contributed by atoms with Crippen LogP contribution in [0.5, 0.6) is 0 Å². The molecule has 2 aromatic heterocycles.